The number of carboxylic acids is 1. The molecule has 5 nitrogen and oxygen atoms in total. The Morgan fingerprint density at radius 3 is 2.88 bits per heavy atom. The quantitative estimate of drug-likeness (QED) is 0.386. The highest BCUT2D eigenvalue weighted by atomic mass is 16.5. The van der Waals surface area contributed by atoms with Crippen LogP contribution in [0.4, 0.5) is 0 Å². The SMILES string of the molecule is CCCCCC(O)/C=C/[C@@H]1C2CC(C(C)COCC(=O)O)=CC2C[C@H]1O. The van der Waals surface area contributed by atoms with E-state index in [9.17, 15) is 15.0 Å². The predicted molar refractivity (Wildman–Crippen MR) is 101 cm³/mol. The summed E-state index contributed by atoms with van der Waals surface area (Å²) < 4.78 is 5.23. The van der Waals surface area contributed by atoms with Gasteiger partial charge < -0.3 is 20.1 Å². The lowest BCUT2D eigenvalue weighted by Gasteiger charge is -2.20. The number of unbranched alkanes of at least 4 members (excludes halogenated alkanes) is 2. The van der Waals surface area contributed by atoms with Crippen LogP contribution in [0.5, 0.6) is 0 Å². The van der Waals surface area contributed by atoms with Crippen molar-refractivity contribution in [2.45, 2.75) is 64.6 Å². The largest absolute Gasteiger partial charge is 0.480 e. The zero-order valence-electron chi connectivity index (χ0n) is 16.0. The molecule has 4 unspecified atom stereocenters. The molecule has 3 N–H and O–H groups in total. The second kappa shape index (κ2) is 10.2. The van der Waals surface area contributed by atoms with E-state index in [0.717, 1.165) is 38.5 Å². The number of fused-ring (bicyclic) bond motifs is 1. The molecule has 0 spiro atoms. The van der Waals surface area contributed by atoms with Gasteiger partial charge in [-0.05, 0) is 31.1 Å². The maximum atomic E-state index is 10.6. The molecule has 26 heavy (non-hydrogen) atoms. The van der Waals surface area contributed by atoms with Gasteiger partial charge in [-0.25, -0.2) is 4.79 Å². The van der Waals surface area contributed by atoms with Crippen LogP contribution in [0, 0.1) is 23.7 Å². The van der Waals surface area contributed by atoms with E-state index < -0.39 is 12.1 Å². The van der Waals surface area contributed by atoms with Crippen LogP contribution >= 0.6 is 0 Å². The Morgan fingerprint density at radius 1 is 1.42 bits per heavy atom. The van der Waals surface area contributed by atoms with Crippen molar-refractivity contribution >= 4 is 5.97 Å². The predicted octanol–water partition coefficient (Wildman–Crippen LogP) is 3.16. The summed E-state index contributed by atoms with van der Waals surface area (Å²) >= 11 is 0. The van der Waals surface area contributed by atoms with Crippen molar-refractivity contribution < 1.29 is 24.9 Å². The third-order valence-corrected chi connectivity index (χ3v) is 5.79. The minimum absolute atomic E-state index is 0.0849. The Labute approximate surface area is 156 Å². The highest BCUT2D eigenvalue weighted by molar-refractivity contribution is 5.67. The van der Waals surface area contributed by atoms with Crippen LogP contribution < -0.4 is 0 Å². The monoisotopic (exact) mass is 366 g/mol. The average molecular weight is 366 g/mol. The van der Waals surface area contributed by atoms with Crippen molar-refractivity contribution in [1.82, 2.24) is 0 Å². The first kappa shape index (κ1) is 21.1. The van der Waals surface area contributed by atoms with Crippen LogP contribution in [-0.2, 0) is 9.53 Å². The smallest absolute Gasteiger partial charge is 0.329 e. The van der Waals surface area contributed by atoms with Gasteiger partial charge in [0.2, 0.25) is 0 Å². The highest BCUT2D eigenvalue weighted by Crippen LogP contribution is 2.48. The number of carbonyl (C=O) groups is 1. The molecule has 0 saturated heterocycles. The number of carboxylic acid groups (broad SMARTS) is 1. The van der Waals surface area contributed by atoms with E-state index in [1.54, 1.807) is 0 Å². The topological polar surface area (TPSA) is 87.0 Å². The number of hydrogen-bond donors (Lipinski definition) is 3. The Morgan fingerprint density at radius 2 is 2.19 bits per heavy atom. The molecule has 1 fully saturated rings. The molecule has 148 valence electrons. The number of allylic oxidation sites excluding steroid dienone is 1. The standard InChI is InChI=1S/C21H34O5/c1-3-4-5-6-17(22)7-8-18-19-10-15(9-16(19)11-20(18)23)14(2)12-26-13-21(24)25/h7-9,14,16-20,22-23H,3-6,10-13H2,1-2H3,(H,24,25)/b8-7+/t14?,16?,17?,18-,19?,20-/m1/s1. The minimum Gasteiger partial charge on any atom is -0.480 e. The zero-order chi connectivity index (χ0) is 19.1. The van der Waals surface area contributed by atoms with Gasteiger partial charge in [0.05, 0.1) is 18.8 Å². The summed E-state index contributed by atoms with van der Waals surface area (Å²) in [6.07, 6.45) is 11.1. The fourth-order valence-corrected chi connectivity index (χ4v) is 4.30. The minimum atomic E-state index is -0.944. The summed E-state index contributed by atoms with van der Waals surface area (Å²) in [4.78, 5) is 10.6. The van der Waals surface area contributed by atoms with Crippen molar-refractivity contribution in [3.8, 4) is 0 Å². The van der Waals surface area contributed by atoms with Gasteiger partial charge in [0.25, 0.3) is 0 Å². The Kier molecular flexibility index (Phi) is 8.32. The zero-order valence-corrected chi connectivity index (χ0v) is 16.0. The molecular formula is C21H34O5. The van der Waals surface area contributed by atoms with E-state index in [1.807, 2.05) is 12.2 Å². The first-order chi connectivity index (χ1) is 12.4. The maximum absolute atomic E-state index is 10.6. The van der Waals surface area contributed by atoms with Crippen LogP contribution in [0.15, 0.2) is 23.8 Å². The van der Waals surface area contributed by atoms with E-state index in [-0.39, 0.29) is 24.5 Å². The number of aliphatic carboxylic acids is 1. The average Bonchev–Trinajstić information content (AvgIpc) is 3.10. The van der Waals surface area contributed by atoms with Crippen molar-refractivity contribution in [3.63, 3.8) is 0 Å². The molecule has 0 aromatic rings. The summed E-state index contributed by atoms with van der Waals surface area (Å²) in [6.45, 7) is 4.37. The van der Waals surface area contributed by atoms with Crippen LogP contribution in [-0.4, -0.2) is 46.7 Å². The molecule has 0 aliphatic heterocycles. The van der Waals surface area contributed by atoms with Crippen LogP contribution in [0.25, 0.3) is 0 Å². The first-order valence-corrected chi connectivity index (χ1v) is 9.96. The van der Waals surface area contributed by atoms with E-state index in [4.69, 9.17) is 9.84 Å². The summed E-state index contributed by atoms with van der Waals surface area (Å²) in [5.74, 6) is 0.0817. The molecule has 0 heterocycles. The van der Waals surface area contributed by atoms with Gasteiger partial charge in [-0.2, -0.15) is 0 Å². The third kappa shape index (κ3) is 5.93. The molecule has 6 atom stereocenters. The van der Waals surface area contributed by atoms with Gasteiger partial charge in [0, 0.05) is 11.8 Å². The van der Waals surface area contributed by atoms with E-state index >= 15 is 0 Å². The molecule has 0 amide bonds. The van der Waals surface area contributed by atoms with Gasteiger partial charge in [-0.1, -0.05) is 56.9 Å². The molecule has 2 aliphatic rings. The van der Waals surface area contributed by atoms with E-state index in [0.29, 0.717) is 18.4 Å². The summed E-state index contributed by atoms with van der Waals surface area (Å²) in [5.41, 5.74) is 1.30. The Bertz CT molecular complexity index is 513. The van der Waals surface area contributed by atoms with Crippen LogP contribution in [0.3, 0.4) is 0 Å². The first-order valence-electron chi connectivity index (χ1n) is 9.96. The van der Waals surface area contributed by atoms with Crippen molar-refractivity contribution in [3.05, 3.63) is 23.8 Å². The van der Waals surface area contributed by atoms with Crippen molar-refractivity contribution in [2.24, 2.45) is 23.7 Å². The fraction of sp³-hybridized carbons (Fsp3) is 0.762. The summed E-state index contributed by atoms with van der Waals surface area (Å²) in [5, 5.41) is 29.2. The maximum Gasteiger partial charge on any atom is 0.329 e. The van der Waals surface area contributed by atoms with Gasteiger partial charge in [0.1, 0.15) is 6.61 Å². The molecule has 0 bridgehead atoms. The fourth-order valence-electron chi connectivity index (χ4n) is 4.30. The second-order valence-electron chi connectivity index (χ2n) is 7.91. The molecule has 5 heteroatoms. The van der Waals surface area contributed by atoms with Gasteiger partial charge in [-0.15, -0.1) is 0 Å². The van der Waals surface area contributed by atoms with Crippen molar-refractivity contribution in [1.29, 1.82) is 0 Å². The molecule has 0 radical (unpaired) electrons. The third-order valence-electron chi connectivity index (χ3n) is 5.79. The number of aliphatic hydroxyl groups is 2. The lowest BCUT2D eigenvalue weighted by molar-refractivity contribution is -0.142. The van der Waals surface area contributed by atoms with Gasteiger partial charge in [-0.3, -0.25) is 0 Å². The molecule has 0 aromatic heterocycles. The number of ether oxygens (including phenoxy) is 1. The van der Waals surface area contributed by atoms with Crippen LogP contribution in [0.1, 0.15) is 52.4 Å². The highest BCUT2D eigenvalue weighted by Gasteiger charge is 2.44. The Hall–Kier alpha value is -1.17. The van der Waals surface area contributed by atoms with Crippen LogP contribution in [0.2, 0.25) is 0 Å². The van der Waals surface area contributed by atoms with E-state index in [1.165, 1.54) is 5.57 Å². The summed E-state index contributed by atoms with van der Waals surface area (Å²) in [6, 6.07) is 0. The molecule has 1 saturated carbocycles. The number of hydrogen-bond acceptors (Lipinski definition) is 4. The molecule has 2 rings (SSSR count). The molecular weight excluding hydrogens is 332 g/mol. The molecule has 0 aromatic carbocycles. The van der Waals surface area contributed by atoms with Gasteiger partial charge >= 0.3 is 5.97 Å². The lowest BCUT2D eigenvalue weighted by Crippen LogP contribution is -2.19. The Balaban J connectivity index is 1.85. The number of rotatable bonds is 11. The normalized spacial score (nSPS) is 30.4. The summed E-state index contributed by atoms with van der Waals surface area (Å²) in [7, 11) is 0. The second-order valence-corrected chi connectivity index (χ2v) is 7.91. The molecule has 2 aliphatic carbocycles. The van der Waals surface area contributed by atoms with Crippen molar-refractivity contribution in [2.75, 3.05) is 13.2 Å². The number of aliphatic hydroxyl groups excluding tert-OH is 2. The van der Waals surface area contributed by atoms with E-state index in [2.05, 4.69) is 19.9 Å². The van der Waals surface area contributed by atoms with Gasteiger partial charge in [0.15, 0.2) is 0 Å². The lowest BCUT2D eigenvalue weighted by atomic mass is 9.87.